The zero-order chi connectivity index (χ0) is 21.9. The fraction of sp³-hybridized carbons (Fsp3) is 0.458. The maximum absolute atomic E-state index is 5.53. The molecule has 0 atom stereocenters. The summed E-state index contributed by atoms with van der Waals surface area (Å²) in [5.41, 5.74) is 4.92. The summed E-state index contributed by atoms with van der Waals surface area (Å²) >= 11 is 0. The minimum Gasteiger partial charge on any atom is -0.275 e. The smallest absolute Gasteiger partial charge is 0.272 e. The summed E-state index contributed by atoms with van der Waals surface area (Å²) in [4.78, 5) is 8.97. The van der Waals surface area contributed by atoms with Gasteiger partial charge in [-0.25, -0.2) is 9.50 Å². The van der Waals surface area contributed by atoms with Crippen LogP contribution in [0.15, 0.2) is 43.1 Å². The van der Waals surface area contributed by atoms with Crippen molar-refractivity contribution in [2.45, 2.75) is 57.0 Å². The summed E-state index contributed by atoms with van der Waals surface area (Å²) in [6.07, 6.45) is 16.7. The van der Waals surface area contributed by atoms with Crippen molar-refractivity contribution in [2.75, 3.05) is 0 Å². The molecule has 0 saturated heterocycles. The van der Waals surface area contributed by atoms with Gasteiger partial charge in [0.15, 0.2) is 0 Å². The first-order valence-corrected chi connectivity index (χ1v) is 11.3. The van der Waals surface area contributed by atoms with E-state index < -0.39 is 0 Å². The quantitative estimate of drug-likeness (QED) is 0.486. The molecule has 0 bridgehead atoms. The lowest BCUT2D eigenvalue weighted by molar-refractivity contribution is -0.0517. The monoisotopic (exact) mass is 427 g/mol. The van der Waals surface area contributed by atoms with Gasteiger partial charge in [0.25, 0.3) is 12.6 Å². The summed E-state index contributed by atoms with van der Waals surface area (Å²) in [5, 5.41) is 13.7. The van der Waals surface area contributed by atoms with E-state index in [2.05, 4.69) is 32.8 Å². The maximum atomic E-state index is 5.53. The van der Waals surface area contributed by atoms with Crippen molar-refractivity contribution in [3.63, 3.8) is 0 Å². The first kappa shape index (κ1) is 19.2. The van der Waals surface area contributed by atoms with E-state index in [1.54, 1.807) is 10.9 Å². The van der Waals surface area contributed by atoms with Crippen molar-refractivity contribution in [1.82, 2.24) is 34.2 Å². The van der Waals surface area contributed by atoms with Crippen LogP contribution in [0.25, 0.3) is 33.0 Å². The average Bonchev–Trinajstić information content (AvgIpc) is 3.53. The van der Waals surface area contributed by atoms with E-state index >= 15 is 0 Å². The third-order valence-electron chi connectivity index (χ3n) is 7.51. The standard InChI is InChI=1S/C24H27N8/c1-23(15-24(16-23)8-4-18(25-2)5-9-24)32-13-17(12-27-32)22-21-6-10-26-31(21)14-20(28-22)19-7-11-30(3)29-19/h2,6-7,10-14,18H,4-5,8-9,15-16H2,1,3H3/q+1/t18-,23-,24?. The molecule has 4 aromatic rings. The summed E-state index contributed by atoms with van der Waals surface area (Å²) in [5.74, 6) is 0. The van der Waals surface area contributed by atoms with Gasteiger partial charge in [0.2, 0.25) is 0 Å². The molecule has 8 nitrogen and oxygen atoms in total. The number of hydrogen-bond acceptors (Lipinski definition) is 4. The normalized spacial score (nSPS) is 27.5. The van der Waals surface area contributed by atoms with Crippen molar-refractivity contribution in [3.8, 4) is 29.2 Å². The highest BCUT2D eigenvalue weighted by Crippen LogP contribution is 2.59. The van der Waals surface area contributed by atoms with Crippen LogP contribution in [0.3, 0.4) is 0 Å². The van der Waals surface area contributed by atoms with Gasteiger partial charge in [0.1, 0.15) is 11.4 Å². The Balaban J connectivity index is 1.31. The molecule has 0 N–H and O–H groups in total. The highest BCUT2D eigenvalue weighted by atomic mass is 15.3. The van der Waals surface area contributed by atoms with E-state index in [0.29, 0.717) is 11.5 Å². The van der Waals surface area contributed by atoms with E-state index in [4.69, 9.17) is 16.7 Å². The van der Waals surface area contributed by atoms with E-state index in [1.807, 2.05) is 42.3 Å². The molecule has 0 unspecified atom stereocenters. The van der Waals surface area contributed by atoms with Crippen molar-refractivity contribution in [2.24, 2.45) is 12.5 Å². The van der Waals surface area contributed by atoms with Crippen LogP contribution in [0.2, 0.25) is 0 Å². The largest absolute Gasteiger partial charge is 0.275 e. The van der Waals surface area contributed by atoms with Crippen LogP contribution in [0.4, 0.5) is 0 Å². The Morgan fingerprint density at radius 3 is 2.62 bits per heavy atom. The molecule has 2 fully saturated rings. The molecule has 0 amide bonds. The van der Waals surface area contributed by atoms with Crippen LogP contribution >= 0.6 is 0 Å². The fourth-order valence-electron chi connectivity index (χ4n) is 6.00. The Hall–Kier alpha value is -3.47. The van der Waals surface area contributed by atoms with Gasteiger partial charge in [-0.3, -0.25) is 9.36 Å². The topological polar surface area (TPSA) is 70.2 Å². The lowest BCUT2D eigenvalue weighted by Gasteiger charge is -2.56. The predicted molar refractivity (Wildman–Crippen MR) is 122 cm³/mol. The third kappa shape index (κ3) is 2.95. The zero-order valence-corrected chi connectivity index (χ0v) is 18.5. The number of fused-ring (bicyclic) bond motifs is 1. The molecular formula is C24H27N8+. The van der Waals surface area contributed by atoms with E-state index in [0.717, 1.165) is 53.8 Å². The number of nitrogens with zero attached hydrogens (tertiary/aromatic N) is 8. The summed E-state index contributed by atoms with van der Waals surface area (Å²) in [6.45, 7) is 7.85. The van der Waals surface area contributed by atoms with Crippen LogP contribution in [0, 0.1) is 12.0 Å². The van der Waals surface area contributed by atoms with E-state index in [-0.39, 0.29) is 5.54 Å². The highest BCUT2D eigenvalue weighted by molar-refractivity contribution is 5.77. The van der Waals surface area contributed by atoms with Gasteiger partial charge in [-0.05, 0) is 50.2 Å². The van der Waals surface area contributed by atoms with Crippen LogP contribution in [-0.4, -0.2) is 40.2 Å². The molecule has 1 spiro atoms. The molecule has 2 aliphatic rings. The Kier molecular flexibility index (Phi) is 4.06. The molecule has 32 heavy (non-hydrogen) atoms. The van der Waals surface area contributed by atoms with Gasteiger partial charge in [0.05, 0.1) is 35.3 Å². The molecule has 162 valence electrons. The zero-order valence-electron chi connectivity index (χ0n) is 18.5. The molecule has 4 heterocycles. The number of rotatable bonds is 3. The molecule has 2 aliphatic carbocycles. The summed E-state index contributed by atoms with van der Waals surface area (Å²) in [6, 6.07) is 4.30. The molecule has 6 rings (SSSR count). The number of aryl methyl sites for hydroxylation is 1. The highest BCUT2D eigenvalue weighted by Gasteiger charge is 2.55. The lowest BCUT2D eigenvalue weighted by Crippen LogP contribution is -2.53. The maximum Gasteiger partial charge on any atom is 0.272 e. The number of hydrogen-bond donors (Lipinski definition) is 0. The van der Waals surface area contributed by atoms with Crippen LogP contribution in [0.5, 0.6) is 0 Å². The molecule has 0 aliphatic heterocycles. The van der Waals surface area contributed by atoms with Crippen molar-refractivity contribution in [3.05, 3.63) is 48.0 Å². The van der Waals surface area contributed by atoms with Gasteiger partial charge >= 0.3 is 0 Å². The van der Waals surface area contributed by atoms with Crippen LogP contribution in [-0.2, 0) is 12.6 Å². The lowest BCUT2D eigenvalue weighted by atomic mass is 9.52. The van der Waals surface area contributed by atoms with Gasteiger partial charge in [-0.1, -0.05) is 4.85 Å². The second-order valence-corrected chi connectivity index (χ2v) is 9.91. The minimum absolute atomic E-state index is 0.0417. The van der Waals surface area contributed by atoms with Crippen molar-refractivity contribution in [1.29, 1.82) is 0 Å². The van der Waals surface area contributed by atoms with Gasteiger partial charge < -0.3 is 0 Å². The molecule has 8 heteroatoms. The number of aromatic nitrogens is 7. The van der Waals surface area contributed by atoms with Crippen LogP contribution in [0.1, 0.15) is 45.4 Å². The fourth-order valence-corrected chi connectivity index (χ4v) is 6.00. The Morgan fingerprint density at radius 2 is 1.91 bits per heavy atom. The average molecular weight is 428 g/mol. The van der Waals surface area contributed by atoms with Crippen molar-refractivity contribution >= 4 is 5.52 Å². The Morgan fingerprint density at radius 1 is 1.09 bits per heavy atom. The first-order chi connectivity index (χ1) is 15.5. The summed E-state index contributed by atoms with van der Waals surface area (Å²) < 4.78 is 5.80. The third-order valence-corrected chi connectivity index (χ3v) is 7.51. The molecule has 4 aromatic heterocycles. The first-order valence-electron chi connectivity index (χ1n) is 11.3. The summed E-state index contributed by atoms with van der Waals surface area (Å²) in [7, 11) is 1.91. The molecule has 0 radical (unpaired) electrons. The van der Waals surface area contributed by atoms with Gasteiger partial charge in [-0.2, -0.15) is 15.3 Å². The SMILES string of the molecule is C#[N+][C@H]1CCC2(CC1)C[C@](C)(n1cc(-c3nc(-c4ccn(C)n4)cn4nccc34)cn1)C2. The molecule has 2 saturated carbocycles. The minimum atomic E-state index is 0.0417. The Labute approximate surface area is 186 Å². The van der Waals surface area contributed by atoms with Gasteiger partial charge in [-0.15, -0.1) is 0 Å². The second kappa shape index (κ2) is 6.76. The Bertz CT molecular complexity index is 1330. The molecular weight excluding hydrogens is 400 g/mol. The van der Waals surface area contributed by atoms with Crippen molar-refractivity contribution < 1.29 is 0 Å². The second-order valence-electron chi connectivity index (χ2n) is 9.91. The molecule has 0 aromatic carbocycles. The predicted octanol–water partition coefficient (Wildman–Crippen LogP) is 4.39. The van der Waals surface area contributed by atoms with E-state index in [9.17, 15) is 0 Å². The van der Waals surface area contributed by atoms with Crippen LogP contribution < -0.4 is 0 Å². The van der Waals surface area contributed by atoms with Gasteiger partial charge in [0, 0.05) is 37.8 Å². The van der Waals surface area contributed by atoms with E-state index in [1.165, 1.54) is 12.8 Å².